The Balaban J connectivity index is 1.63. The third-order valence-electron chi connectivity index (χ3n) is 4.02. The Hall–Kier alpha value is -4.13. The van der Waals surface area contributed by atoms with Crippen molar-refractivity contribution in [2.75, 3.05) is 5.73 Å². The molecule has 138 valence electrons. The van der Waals surface area contributed by atoms with E-state index >= 15 is 0 Å². The molecule has 28 heavy (non-hydrogen) atoms. The third-order valence-corrected chi connectivity index (χ3v) is 4.02. The number of anilines is 1. The van der Waals surface area contributed by atoms with E-state index in [9.17, 15) is 14.0 Å². The van der Waals surface area contributed by atoms with E-state index in [-0.39, 0.29) is 23.6 Å². The summed E-state index contributed by atoms with van der Waals surface area (Å²) in [6, 6.07) is 10.6. The van der Waals surface area contributed by atoms with Crippen LogP contribution in [0.3, 0.4) is 0 Å². The Kier molecular flexibility index (Phi) is 4.25. The van der Waals surface area contributed by atoms with Crippen LogP contribution in [-0.4, -0.2) is 25.4 Å². The van der Waals surface area contributed by atoms with E-state index in [1.165, 1.54) is 18.2 Å². The molecule has 0 bridgehead atoms. The number of rotatable bonds is 4. The summed E-state index contributed by atoms with van der Waals surface area (Å²) in [6.07, 6.45) is 0. The van der Waals surface area contributed by atoms with Crippen LogP contribution >= 0.6 is 0 Å². The number of nitrogen functional groups attached to an aromatic ring is 1. The number of H-pyrrole nitrogens is 1. The first-order valence-electron chi connectivity index (χ1n) is 8.00. The van der Waals surface area contributed by atoms with Crippen molar-refractivity contribution >= 4 is 17.0 Å². The van der Waals surface area contributed by atoms with Crippen LogP contribution in [0.15, 0.2) is 36.4 Å². The second kappa shape index (κ2) is 6.88. The van der Waals surface area contributed by atoms with Crippen LogP contribution in [0.25, 0.3) is 22.3 Å². The highest BCUT2D eigenvalue weighted by atomic mass is 19.1. The standard InChI is InChI=1S/C18H11F2N7O/c19-14-4-3-12(17(20)23-14)9-1-2-10(11(5-9)7-21)8-28-13-6-15(22)24-18-16(13)25-27-26-18/h1-6H,8H2,(H3,22,24,25,26,27). The first kappa shape index (κ1) is 17.3. The molecule has 3 heterocycles. The highest BCUT2D eigenvalue weighted by molar-refractivity contribution is 5.79. The fourth-order valence-corrected chi connectivity index (χ4v) is 2.70. The van der Waals surface area contributed by atoms with Crippen LogP contribution in [0.4, 0.5) is 14.6 Å². The maximum atomic E-state index is 13.9. The number of fused-ring (bicyclic) bond motifs is 1. The molecule has 0 radical (unpaired) electrons. The Morgan fingerprint density at radius 3 is 2.79 bits per heavy atom. The number of nitrogens with one attached hydrogen (secondary N) is 1. The largest absolute Gasteiger partial charge is 0.486 e. The molecule has 4 aromatic rings. The average molecular weight is 379 g/mol. The van der Waals surface area contributed by atoms with Gasteiger partial charge in [-0.15, -0.1) is 5.10 Å². The second-order valence-corrected chi connectivity index (χ2v) is 5.80. The van der Waals surface area contributed by atoms with Gasteiger partial charge in [0.05, 0.1) is 11.6 Å². The number of nitrogens with zero attached hydrogens (tertiary/aromatic N) is 5. The molecule has 8 nitrogen and oxygen atoms in total. The second-order valence-electron chi connectivity index (χ2n) is 5.80. The molecule has 0 aliphatic rings. The monoisotopic (exact) mass is 379 g/mol. The van der Waals surface area contributed by atoms with Gasteiger partial charge in [-0.1, -0.05) is 17.3 Å². The molecule has 0 amide bonds. The van der Waals surface area contributed by atoms with Gasteiger partial charge in [0.2, 0.25) is 11.9 Å². The van der Waals surface area contributed by atoms with Crippen LogP contribution in [0.1, 0.15) is 11.1 Å². The normalized spacial score (nSPS) is 10.8. The zero-order chi connectivity index (χ0) is 19.7. The van der Waals surface area contributed by atoms with Crippen molar-refractivity contribution in [1.82, 2.24) is 25.4 Å². The summed E-state index contributed by atoms with van der Waals surface area (Å²) in [5.41, 5.74) is 7.85. The molecule has 0 unspecified atom stereocenters. The minimum absolute atomic E-state index is 0.0404. The van der Waals surface area contributed by atoms with E-state index in [0.717, 1.165) is 6.07 Å². The number of hydrogen-bond acceptors (Lipinski definition) is 7. The van der Waals surface area contributed by atoms with E-state index in [1.807, 2.05) is 6.07 Å². The first-order valence-corrected chi connectivity index (χ1v) is 8.00. The minimum Gasteiger partial charge on any atom is -0.486 e. The molecule has 3 aromatic heterocycles. The lowest BCUT2D eigenvalue weighted by molar-refractivity contribution is 0.309. The molecule has 4 rings (SSSR count). The van der Waals surface area contributed by atoms with Gasteiger partial charge in [0.1, 0.15) is 12.4 Å². The third kappa shape index (κ3) is 3.16. The van der Waals surface area contributed by atoms with Crippen molar-refractivity contribution in [2.45, 2.75) is 6.61 Å². The summed E-state index contributed by atoms with van der Waals surface area (Å²) in [4.78, 5) is 7.20. The predicted octanol–water partition coefficient (Wildman–Crippen LogP) is 2.73. The fraction of sp³-hybridized carbons (Fsp3) is 0.0556. The quantitative estimate of drug-likeness (QED) is 0.522. The maximum absolute atomic E-state index is 13.9. The summed E-state index contributed by atoms with van der Waals surface area (Å²) in [5, 5.41) is 19.6. The molecule has 0 saturated heterocycles. The van der Waals surface area contributed by atoms with Crippen LogP contribution < -0.4 is 10.5 Å². The number of aromatic amines is 1. The van der Waals surface area contributed by atoms with Gasteiger partial charge >= 0.3 is 0 Å². The molecule has 3 N–H and O–H groups in total. The SMILES string of the molecule is N#Cc1cc(-c2ccc(F)nc2F)ccc1COc1cc(N)nc2[nH]nnc12. The molecular weight excluding hydrogens is 368 g/mol. The van der Waals surface area contributed by atoms with Crippen LogP contribution in [-0.2, 0) is 6.61 Å². The highest BCUT2D eigenvalue weighted by Gasteiger charge is 2.13. The van der Waals surface area contributed by atoms with E-state index < -0.39 is 11.9 Å². The van der Waals surface area contributed by atoms with Crippen molar-refractivity contribution in [2.24, 2.45) is 0 Å². The van der Waals surface area contributed by atoms with Crippen LogP contribution in [0.5, 0.6) is 5.75 Å². The van der Waals surface area contributed by atoms with Crippen molar-refractivity contribution in [3.05, 3.63) is 59.4 Å². The van der Waals surface area contributed by atoms with Crippen molar-refractivity contribution in [3.8, 4) is 22.9 Å². The van der Waals surface area contributed by atoms with Gasteiger partial charge < -0.3 is 10.5 Å². The molecule has 10 heteroatoms. The van der Waals surface area contributed by atoms with Gasteiger partial charge in [-0.05, 0) is 23.8 Å². The number of ether oxygens (including phenoxy) is 1. The summed E-state index contributed by atoms with van der Waals surface area (Å²) in [7, 11) is 0. The Morgan fingerprint density at radius 2 is 2.00 bits per heavy atom. The number of nitrogens with two attached hydrogens (primary N) is 1. The van der Waals surface area contributed by atoms with E-state index in [2.05, 4.69) is 25.4 Å². The molecule has 0 atom stereocenters. The summed E-state index contributed by atoms with van der Waals surface area (Å²) >= 11 is 0. The van der Waals surface area contributed by atoms with Crippen LogP contribution in [0, 0.1) is 23.2 Å². The highest BCUT2D eigenvalue weighted by Crippen LogP contribution is 2.27. The molecule has 1 aromatic carbocycles. The lowest BCUT2D eigenvalue weighted by Crippen LogP contribution is -2.01. The number of pyridine rings is 2. The lowest BCUT2D eigenvalue weighted by Gasteiger charge is -2.10. The number of hydrogen-bond donors (Lipinski definition) is 2. The molecule has 0 aliphatic carbocycles. The number of aromatic nitrogens is 5. The zero-order valence-corrected chi connectivity index (χ0v) is 14.1. The van der Waals surface area contributed by atoms with Gasteiger partial charge in [0, 0.05) is 17.2 Å². The zero-order valence-electron chi connectivity index (χ0n) is 14.1. The topological polar surface area (TPSA) is 126 Å². The van der Waals surface area contributed by atoms with Gasteiger partial charge in [0.15, 0.2) is 16.9 Å². The Labute approximate surface area is 156 Å². The molecular formula is C18H11F2N7O. The summed E-state index contributed by atoms with van der Waals surface area (Å²) in [5.74, 6) is -1.28. The van der Waals surface area contributed by atoms with Crippen molar-refractivity contribution < 1.29 is 13.5 Å². The summed E-state index contributed by atoms with van der Waals surface area (Å²) < 4.78 is 32.7. The number of halogens is 2. The smallest absolute Gasteiger partial charge is 0.223 e. The first-order chi connectivity index (χ1) is 13.5. The summed E-state index contributed by atoms with van der Waals surface area (Å²) in [6.45, 7) is 0.0404. The van der Waals surface area contributed by atoms with Crippen molar-refractivity contribution in [3.63, 3.8) is 0 Å². The molecule has 0 saturated carbocycles. The van der Waals surface area contributed by atoms with Crippen molar-refractivity contribution in [1.29, 1.82) is 5.26 Å². The molecule has 0 fully saturated rings. The van der Waals surface area contributed by atoms with Gasteiger partial charge in [0.25, 0.3) is 0 Å². The number of nitriles is 1. The number of benzene rings is 1. The van der Waals surface area contributed by atoms with E-state index in [4.69, 9.17) is 10.5 Å². The van der Waals surface area contributed by atoms with E-state index in [0.29, 0.717) is 28.0 Å². The predicted molar refractivity (Wildman–Crippen MR) is 94.7 cm³/mol. The fourth-order valence-electron chi connectivity index (χ4n) is 2.70. The van der Waals surface area contributed by atoms with E-state index in [1.54, 1.807) is 12.1 Å². The molecule has 0 aliphatic heterocycles. The average Bonchev–Trinajstić information content (AvgIpc) is 3.14. The minimum atomic E-state index is -0.950. The van der Waals surface area contributed by atoms with Gasteiger partial charge in [-0.2, -0.15) is 19.0 Å². The van der Waals surface area contributed by atoms with Crippen LogP contribution in [0.2, 0.25) is 0 Å². The maximum Gasteiger partial charge on any atom is 0.223 e. The van der Waals surface area contributed by atoms with Gasteiger partial charge in [-0.25, -0.2) is 10.1 Å². The Morgan fingerprint density at radius 1 is 1.14 bits per heavy atom. The lowest BCUT2D eigenvalue weighted by atomic mass is 10.0. The Bertz CT molecular complexity index is 1230. The molecule has 0 spiro atoms. The van der Waals surface area contributed by atoms with Gasteiger partial charge in [-0.3, -0.25) is 0 Å².